The number of nitriles is 1. The first-order valence-corrected chi connectivity index (χ1v) is 6.52. The second-order valence-electron chi connectivity index (χ2n) is 5.70. The zero-order valence-corrected chi connectivity index (χ0v) is 12.5. The Morgan fingerprint density at radius 3 is 2.55 bits per heavy atom. The van der Waals surface area contributed by atoms with Crippen LogP contribution in [0.1, 0.15) is 31.9 Å². The van der Waals surface area contributed by atoms with E-state index in [1.54, 1.807) is 26.8 Å². The van der Waals surface area contributed by atoms with Crippen LogP contribution in [0.25, 0.3) is 0 Å². The number of hydrogen-bond acceptors (Lipinski definition) is 4. The monoisotopic (exact) mass is 308 g/mol. The van der Waals surface area contributed by atoms with Gasteiger partial charge in [0.15, 0.2) is 0 Å². The Morgan fingerprint density at radius 2 is 2.05 bits per heavy atom. The molecule has 0 aliphatic heterocycles. The Labute approximate surface area is 127 Å². The summed E-state index contributed by atoms with van der Waals surface area (Å²) in [6, 6.07) is 4.03. The highest BCUT2D eigenvalue weighted by Crippen LogP contribution is 2.12. The van der Waals surface area contributed by atoms with Gasteiger partial charge in [-0.3, -0.25) is 0 Å². The maximum absolute atomic E-state index is 13.3. The topological polar surface area (TPSA) is 99.4 Å². The largest absolute Gasteiger partial charge is 0.480 e. The van der Waals surface area contributed by atoms with Crippen molar-refractivity contribution in [3.63, 3.8) is 0 Å². The van der Waals surface area contributed by atoms with Crippen LogP contribution in [0.4, 0.5) is 9.18 Å². The summed E-state index contributed by atoms with van der Waals surface area (Å²) in [6.07, 6.45) is -1.04. The van der Waals surface area contributed by atoms with Crippen LogP contribution < -0.4 is 5.32 Å². The smallest absolute Gasteiger partial charge is 0.408 e. The molecule has 7 heteroatoms. The number of amides is 1. The predicted octanol–water partition coefficient (Wildman–Crippen LogP) is 2.22. The van der Waals surface area contributed by atoms with E-state index in [1.807, 2.05) is 0 Å². The number of nitrogens with zero attached hydrogens (tertiary/aromatic N) is 1. The summed E-state index contributed by atoms with van der Waals surface area (Å²) < 4.78 is 18.3. The molecule has 0 aliphatic rings. The number of nitrogens with one attached hydrogen (secondary N) is 1. The highest BCUT2D eigenvalue weighted by molar-refractivity contribution is 5.80. The van der Waals surface area contributed by atoms with Crippen molar-refractivity contribution in [1.29, 1.82) is 5.26 Å². The summed E-state index contributed by atoms with van der Waals surface area (Å²) in [6.45, 7) is 4.94. The predicted molar refractivity (Wildman–Crippen MR) is 75.6 cm³/mol. The zero-order valence-electron chi connectivity index (χ0n) is 12.5. The van der Waals surface area contributed by atoms with Gasteiger partial charge in [-0.05, 0) is 44.5 Å². The molecule has 0 saturated heterocycles. The van der Waals surface area contributed by atoms with Crippen LogP contribution in [0.5, 0.6) is 0 Å². The third kappa shape index (κ3) is 5.79. The van der Waals surface area contributed by atoms with Gasteiger partial charge >= 0.3 is 12.1 Å². The molecule has 6 nitrogen and oxygen atoms in total. The van der Waals surface area contributed by atoms with Gasteiger partial charge < -0.3 is 15.2 Å². The second kappa shape index (κ2) is 6.89. The highest BCUT2D eigenvalue weighted by atomic mass is 19.1. The van der Waals surface area contributed by atoms with Gasteiger partial charge in [0.05, 0.1) is 11.6 Å². The van der Waals surface area contributed by atoms with Gasteiger partial charge in [-0.15, -0.1) is 0 Å². The van der Waals surface area contributed by atoms with Crippen LogP contribution in [0.2, 0.25) is 0 Å². The summed E-state index contributed by atoms with van der Waals surface area (Å²) in [7, 11) is 0. The van der Waals surface area contributed by atoms with E-state index in [-0.39, 0.29) is 12.0 Å². The van der Waals surface area contributed by atoms with Crippen LogP contribution in [-0.4, -0.2) is 28.8 Å². The molecule has 0 aromatic heterocycles. The molecule has 0 bridgehead atoms. The van der Waals surface area contributed by atoms with Gasteiger partial charge in [-0.25, -0.2) is 14.0 Å². The summed E-state index contributed by atoms with van der Waals surface area (Å²) in [5.41, 5.74) is -0.392. The van der Waals surface area contributed by atoms with Crippen molar-refractivity contribution in [2.75, 3.05) is 0 Å². The molecular formula is C15H17FN2O4. The summed E-state index contributed by atoms with van der Waals surface area (Å²) in [5.74, 6) is -1.93. The van der Waals surface area contributed by atoms with Crippen molar-refractivity contribution in [2.45, 2.75) is 38.8 Å². The number of aliphatic carboxylic acids is 1. The lowest BCUT2D eigenvalue weighted by Crippen LogP contribution is -2.44. The van der Waals surface area contributed by atoms with Crippen LogP contribution in [0, 0.1) is 17.1 Å². The molecule has 118 valence electrons. The van der Waals surface area contributed by atoms with Crippen molar-refractivity contribution in [1.82, 2.24) is 5.32 Å². The van der Waals surface area contributed by atoms with Gasteiger partial charge in [-0.1, -0.05) is 0 Å². The minimum Gasteiger partial charge on any atom is -0.480 e. The molecule has 0 heterocycles. The highest BCUT2D eigenvalue weighted by Gasteiger charge is 2.24. The van der Waals surface area contributed by atoms with Gasteiger partial charge in [0.2, 0.25) is 0 Å². The van der Waals surface area contributed by atoms with E-state index in [1.165, 1.54) is 6.07 Å². The molecule has 0 fully saturated rings. The van der Waals surface area contributed by atoms with Crippen LogP contribution >= 0.6 is 0 Å². The lowest BCUT2D eigenvalue weighted by atomic mass is 10.0. The molecular weight excluding hydrogens is 291 g/mol. The fourth-order valence-corrected chi connectivity index (χ4v) is 1.72. The maximum atomic E-state index is 13.3. The quantitative estimate of drug-likeness (QED) is 0.888. The Balaban J connectivity index is 2.86. The lowest BCUT2D eigenvalue weighted by molar-refractivity contribution is -0.139. The first-order valence-electron chi connectivity index (χ1n) is 6.52. The Kier molecular flexibility index (Phi) is 5.46. The number of rotatable bonds is 4. The molecule has 22 heavy (non-hydrogen) atoms. The molecule has 1 amide bonds. The maximum Gasteiger partial charge on any atom is 0.408 e. The molecule has 0 aliphatic carbocycles. The number of carboxylic acid groups (broad SMARTS) is 1. The first kappa shape index (κ1) is 17.4. The fourth-order valence-electron chi connectivity index (χ4n) is 1.72. The van der Waals surface area contributed by atoms with E-state index < -0.39 is 29.5 Å². The number of hydrogen-bond donors (Lipinski definition) is 2. The van der Waals surface area contributed by atoms with Crippen molar-refractivity contribution < 1.29 is 23.8 Å². The van der Waals surface area contributed by atoms with Crippen molar-refractivity contribution in [3.8, 4) is 6.07 Å². The fraction of sp³-hybridized carbons (Fsp3) is 0.400. The SMILES string of the molecule is CC(C)(C)OC(=O)N[C@@H](Cc1cc(F)cc(C#N)c1)C(=O)O. The average molecular weight is 308 g/mol. The molecule has 2 N–H and O–H groups in total. The van der Waals surface area contributed by atoms with Crippen molar-refractivity contribution in [2.24, 2.45) is 0 Å². The first-order chi connectivity index (χ1) is 10.1. The van der Waals surface area contributed by atoms with E-state index >= 15 is 0 Å². The van der Waals surface area contributed by atoms with Crippen LogP contribution in [-0.2, 0) is 16.0 Å². The normalized spacial score (nSPS) is 12.1. The minimum atomic E-state index is -1.29. The lowest BCUT2D eigenvalue weighted by Gasteiger charge is -2.22. The summed E-state index contributed by atoms with van der Waals surface area (Å²) in [4.78, 5) is 22.8. The van der Waals surface area contributed by atoms with E-state index in [0.717, 1.165) is 12.1 Å². The molecule has 1 rings (SSSR count). The molecule has 0 radical (unpaired) electrons. The van der Waals surface area contributed by atoms with Gasteiger partial charge in [0.25, 0.3) is 0 Å². The van der Waals surface area contributed by atoms with E-state index in [4.69, 9.17) is 15.1 Å². The molecule has 1 atom stereocenters. The third-order valence-corrected chi connectivity index (χ3v) is 2.52. The number of carbonyl (C=O) groups is 2. The Morgan fingerprint density at radius 1 is 1.41 bits per heavy atom. The number of benzene rings is 1. The third-order valence-electron chi connectivity index (χ3n) is 2.52. The minimum absolute atomic E-state index is 0.0800. The number of halogens is 1. The van der Waals surface area contributed by atoms with E-state index in [0.29, 0.717) is 5.56 Å². The Hall–Kier alpha value is -2.62. The molecule has 0 spiro atoms. The number of carbonyl (C=O) groups excluding carboxylic acids is 1. The standard InChI is InChI=1S/C15H17FN2O4/c1-15(2,3)22-14(21)18-12(13(19)20)7-9-4-10(8-17)6-11(16)5-9/h4-6,12H,7H2,1-3H3,(H,18,21)(H,19,20)/t12-/m0/s1. The van der Waals surface area contributed by atoms with Crippen molar-refractivity contribution in [3.05, 3.63) is 35.1 Å². The van der Waals surface area contributed by atoms with E-state index in [9.17, 15) is 14.0 Å². The van der Waals surface area contributed by atoms with Gasteiger partial charge in [0, 0.05) is 6.42 Å². The number of alkyl carbamates (subject to hydrolysis) is 1. The molecule has 1 aromatic rings. The second-order valence-corrected chi connectivity index (χ2v) is 5.70. The van der Waals surface area contributed by atoms with Gasteiger partial charge in [-0.2, -0.15) is 5.26 Å². The number of ether oxygens (including phenoxy) is 1. The molecule has 0 saturated carbocycles. The van der Waals surface area contributed by atoms with Crippen molar-refractivity contribution >= 4 is 12.1 Å². The Bertz CT molecular complexity index is 617. The van der Waals surface area contributed by atoms with Crippen LogP contribution in [0.15, 0.2) is 18.2 Å². The van der Waals surface area contributed by atoms with Crippen LogP contribution in [0.3, 0.4) is 0 Å². The molecule has 1 aromatic carbocycles. The van der Waals surface area contributed by atoms with E-state index in [2.05, 4.69) is 5.32 Å². The summed E-state index contributed by atoms with van der Waals surface area (Å²) in [5, 5.41) is 20.1. The zero-order chi connectivity index (χ0) is 16.9. The average Bonchev–Trinajstić information content (AvgIpc) is 2.34. The molecule has 0 unspecified atom stereocenters. The number of carboxylic acids is 1. The summed E-state index contributed by atoms with van der Waals surface area (Å²) >= 11 is 0. The van der Waals surface area contributed by atoms with Gasteiger partial charge in [0.1, 0.15) is 17.5 Å².